The number of hydrogen-bond acceptors (Lipinski definition) is 2. The number of para-hydroxylation sites is 1. The van der Waals surface area contributed by atoms with Gasteiger partial charge < -0.3 is 5.32 Å². The average molecular weight is 299 g/mol. The third kappa shape index (κ3) is 3.95. The third-order valence-corrected chi connectivity index (χ3v) is 3.47. The maximum absolute atomic E-state index is 12.5. The van der Waals surface area contributed by atoms with Crippen LogP contribution in [0, 0.1) is 0 Å². The number of benzene rings is 3. The average Bonchev–Trinajstić information content (AvgIpc) is 2.63. The van der Waals surface area contributed by atoms with Crippen molar-refractivity contribution in [2.45, 2.75) is 0 Å². The Morgan fingerprint density at radius 1 is 0.652 bits per heavy atom. The smallest absolute Gasteiger partial charge is 0.187 e. The fourth-order valence-electron chi connectivity index (χ4n) is 2.30. The summed E-state index contributed by atoms with van der Waals surface area (Å²) in [4.78, 5) is 12.5. The largest absolute Gasteiger partial charge is 0.355 e. The molecule has 0 saturated heterocycles. The second-order valence-electron chi connectivity index (χ2n) is 5.15. The van der Waals surface area contributed by atoms with Crippen LogP contribution in [0.25, 0.3) is 5.70 Å². The molecule has 2 nitrogen and oxygen atoms in total. The van der Waals surface area contributed by atoms with Crippen LogP contribution in [0.3, 0.4) is 0 Å². The van der Waals surface area contributed by atoms with Gasteiger partial charge in [-0.2, -0.15) is 0 Å². The number of carbonyl (C=O) groups is 1. The van der Waals surface area contributed by atoms with Crippen molar-refractivity contribution in [3.63, 3.8) is 0 Å². The summed E-state index contributed by atoms with van der Waals surface area (Å²) in [6.07, 6.45) is 1.65. The lowest BCUT2D eigenvalue weighted by Gasteiger charge is -2.11. The Labute approximate surface area is 136 Å². The van der Waals surface area contributed by atoms with Gasteiger partial charge in [0.2, 0.25) is 0 Å². The van der Waals surface area contributed by atoms with E-state index in [1.54, 1.807) is 6.08 Å². The molecule has 0 aliphatic carbocycles. The second kappa shape index (κ2) is 7.23. The van der Waals surface area contributed by atoms with E-state index in [-0.39, 0.29) is 5.78 Å². The number of allylic oxidation sites excluding steroid dienone is 1. The van der Waals surface area contributed by atoms with E-state index in [2.05, 4.69) is 5.32 Å². The molecule has 0 aliphatic heterocycles. The Morgan fingerprint density at radius 2 is 1.13 bits per heavy atom. The minimum absolute atomic E-state index is 0.0205. The first kappa shape index (κ1) is 14.8. The van der Waals surface area contributed by atoms with Gasteiger partial charge in [-0.05, 0) is 17.7 Å². The third-order valence-electron chi connectivity index (χ3n) is 3.47. The lowest BCUT2D eigenvalue weighted by molar-refractivity contribution is 0.104. The molecule has 3 aromatic carbocycles. The van der Waals surface area contributed by atoms with Gasteiger partial charge in [-0.25, -0.2) is 0 Å². The number of hydrogen-bond donors (Lipinski definition) is 1. The Hall–Kier alpha value is -3.13. The molecule has 0 aromatic heterocycles. The van der Waals surface area contributed by atoms with Gasteiger partial charge in [0.05, 0.1) is 0 Å². The molecule has 23 heavy (non-hydrogen) atoms. The summed E-state index contributed by atoms with van der Waals surface area (Å²) in [5.41, 5.74) is 3.38. The van der Waals surface area contributed by atoms with Crippen LogP contribution in [0.4, 0.5) is 5.69 Å². The van der Waals surface area contributed by atoms with Crippen LogP contribution in [0.15, 0.2) is 97.1 Å². The highest BCUT2D eigenvalue weighted by atomic mass is 16.1. The SMILES string of the molecule is O=C(C=C(Nc1ccccc1)c1ccccc1)c1ccccc1. The first-order valence-corrected chi connectivity index (χ1v) is 7.51. The molecule has 0 saturated carbocycles. The molecule has 0 bridgehead atoms. The summed E-state index contributed by atoms with van der Waals surface area (Å²) in [5, 5.41) is 3.34. The van der Waals surface area contributed by atoms with Crippen molar-refractivity contribution in [1.29, 1.82) is 0 Å². The van der Waals surface area contributed by atoms with Crippen molar-refractivity contribution in [3.05, 3.63) is 108 Å². The van der Waals surface area contributed by atoms with E-state index in [0.29, 0.717) is 5.56 Å². The molecule has 2 heteroatoms. The molecule has 0 aliphatic rings. The van der Waals surface area contributed by atoms with Crippen LogP contribution >= 0.6 is 0 Å². The predicted molar refractivity (Wildman–Crippen MR) is 95.3 cm³/mol. The van der Waals surface area contributed by atoms with E-state index in [4.69, 9.17) is 0 Å². The van der Waals surface area contributed by atoms with Crippen molar-refractivity contribution in [1.82, 2.24) is 0 Å². The van der Waals surface area contributed by atoms with Crippen LogP contribution in [0.1, 0.15) is 15.9 Å². The van der Waals surface area contributed by atoms with Crippen molar-refractivity contribution in [3.8, 4) is 0 Å². The summed E-state index contributed by atoms with van der Waals surface area (Å²) in [7, 11) is 0. The minimum atomic E-state index is -0.0205. The zero-order valence-corrected chi connectivity index (χ0v) is 12.6. The fraction of sp³-hybridized carbons (Fsp3) is 0. The summed E-state index contributed by atoms with van der Waals surface area (Å²) < 4.78 is 0. The van der Waals surface area contributed by atoms with Gasteiger partial charge >= 0.3 is 0 Å². The molecule has 1 N–H and O–H groups in total. The number of carbonyl (C=O) groups excluding carboxylic acids is 1. The minimum Gasteiger partial charge on any atom is -0.355 e. The Kier molecular flexibility index (Phi) is 4.65. The molecule has 0 amide bonds. The number of anilines is 1. The van der Waals surface area contributed by atoms with Crippen LogP contribution in [0.2, 0.25) is 0 Å². The highest BCUT2D eigenvalue weighted by molar-refractivity contribution is 6.09. The van der Waals surface area contributed by atoms with E-state index < -0.39 is 0 Å². The number of nitrogens with one attached hydrogen (secondary N) is 1. The topological polar surface area (TPSA) is 29.1 Å². The molecular formula is C21H17NO. The molecule has 0 radical (unpaired) electrons. The normalized spacial score (nSPS) is 11.0. The predicted octanol–water partition coefficient (Wildman–Crippen LogP) is 5.02. The Balaban J connectivity index is 1.95. The molecule has 0 heterocycles. The van der Waals surface area contributed by atoms with E-state index in [1.807, 2.05) is 91.0 Å². The number of rotatable bonds is 5. The summed E-state index contributed by atoms with van der Waals surface area (Å²) >= 11 is 0. The molecule has 3 rings (SSSR count). The van der Waals surface area contributed by atoms with Gasteiger partial charge in [-0.3, -0.25) is 4.79 Å². The van der Waals surface area contributed by atoms with Crippen molar-refractivity contribution in [2.24, 2.45) is 0 Å². The molecule has 112 valence electrons. The van der Waals surface area contributed by atoms with E-state index >= 15 is 0 Å². The van der Waals surface area contributed by atoms with Crippen LogP contribution < -0.4 is 5.32 Å². The van der Waals surface area contributed by atoms with Gasteiger partial charge in [0.15, 0.2) is 5.78 Å². The maximum Gasteiger partial charge on any atom is 0.187 e. The molecule has 0 fully saturated rings. The molecule has 0 spiro atoms. The first-order valence-electron chi connectivity index (χ1n) is 7.51. The lowest BCUT2D eigenvalue weighted by Crippen LogP contribution is -2.03. The molecule has 3 aromatic rings. The van der Waals surface area contributed by atoms with Crippen LogP contribution in [-0.2, 0) is 0 Å². The molecule has 0 unspecified atom stereocenters. The highest BCUT2D eigenvalue weighted by Crippen LogP contribution is 2.19. The van der Waals surface area contributed by atoms with Crippen molar-refractivity contribution >= 4 is 17.2 Å². The summed E-state index contributed by atoms with van der Waals surface area (Å²) in [6.45, 7) is 0. The molecule has 0 atom stereocenters. The number of ketones is 1. The Morgan fingerprint density at radius 3 is 1.70 bits per heavy atom. The van der Waals surface area contributed by atoms with Crippen LogP contribution in [-0.4, -0.2) is 5.78 Å². The summed E-state index contributed by atoms with van der Waals surface area (Å²) in [6, 6.07) is 29.0. The first-order chi connectivity index (χ1) is 11.3. The zero-order valence-electron chi connectivity index (χ0n) is 12.6. The zero-order chi connectivity index (χ0) is 15.9. The lowest BCUT2D eigenvalue weighted by atomic mass is 10.1. The van der Waals surface area contributed by atoms with Gasteiger partial charge in [-0.15, -0.1) is 0 Å². The van der Waals surface area contributed by atoms with Crippen LogP contribution in [0.5, 0.6) is 0 Å². The molecular weight excluding hydrogens is 282 g/mol. The van der Waals surface area contributed by atoms with Crippen molar-refractivity contribution < 1.29 is 4.79 Å². The summed E-state index contributed by atoms with van der Waals surface area (Å²) in [5.74, 6) is -0.0205. The van der Waals surface area contributed by atoms with E-state index in [1.165, 1.54) is 0 Å². The quantitative estimate of drug-likeness (QED) is 0.529. The van der Waals surface area contributed by atoms with Gasteiger partial charge in [0.25, 0.3) is 0 Å². The Bertz CT molecular complexity index is 793. The van der Waals surface area contributed by atoms with Crippen molar-refractivity contribution in [2.75, 3.05) is 5.32 Å². The monoisotopic (exact) mass is 299 g/mol. The second-order valence-corrected chi connectivity index (χ2v) is 5.15. The van der Waals surface area contributed by atoms with E-state index in [9.17, 15) is 4.79 Å². The highest BCUT2D eigenvalue weighted by Gasteiger charge is 2.07. The van der Waals surface area contributed by atoms with Gasteiger partial charge in [-0.1, -0.05) is 78.9 Å². The van der Waals surface area contributed by atoms with Gasteiger partial charge in [0, 0.05) is 23.0 Å². The fourth-order valence-corrected chi connectivity index (χ4v) is 2.30. The van der Waals surface area contributed by atoms with Gasteiger partial charge in [0.1, 0.15) is 0 Å². The van der Waals surface area contributed by atoms with E-state index in [0.717, 1.165) is 16.9 Å². The maximum atomic E-state index is 12.5. The standard InChI is InChI=1S/C21H17NO/c23-21(18-12-6-2-7-13-18)16-20(17-10-4-1-5-11-17)22-19-14-8-3-9-15-19/h1-16,22H.